The third kappa shape index (κ3) is 8.21. The quantitative estimate of drug-likeness (QED) is 0.104. The molecule has 0 spiro atoms. The van der Waals surface area contributed by atoms with Crippen LogP contribution in [0.5, 0.6) is 11.5 Å². The molecule has 4 heteroatoms. The highest BCUT2D eigenvalue weighted by Gasteiger charge is 2.20. The summed E-state index contributed by atoms with van der Waals surface area (Å²) in [6.45, 7) is 8.42. The van der Waals surface area contributed by atoms with Crippen LogP contribution in [0.25, 0.3) is 38.6 Å². The standard InChI is InChI=1S/C51H56N2O2/c1-5-37(19-15-20-39-21-17-31-49(51(39)55)53-47-29-13-11-27-45(47)46-28-12-14-30-48(46)53)32-33-52(4)35-41-23-16-22-40(50(41)54)34-38(6-2)43-25-9-10-26-44(43)42-24-8-7-18-36(42)3/h7-14,16-18,21-31,37-38,54-55H,5-6,15,19-20,32-35H2,1-4H3. The average Bonchev–Trinajstić information content (AvgIpc) is 3.54. The molecule has 2 unspecified atom stereocenters. The molecule has 282 valence electrons. The van der Waals surface area contributed by atoms with Gasteiger partial charge in [0, 0.05) is 22.9 Å². The van der Waals surface area contributed by atoms with E-state index in [1.807, 2.05) is 6.07 Å². The van der Waals surface area contributed by atoms with E-state index in [0.29, 0.717) is 23.3 Å². The highest BCUT2D eigenvalue weighted by Crippen LogP contribution is 2.38. The monoisotopic (exact) mass is 728 g/mol. The van der Waals surface area contributed by atoms with Crippen LogP contribution in [0.4, 0.5) is 0 Å². The van der Waals surface area contributed by atoms with Crippen molar-refractivity contribution in [2.45, 2.75) is 78.2 Å². The lowest BCUT2D eigenvalue weighted by atomic mass is 9.83. The van der Waals surface area contributed by atoms with E-state index < -0.39 is 0 Å². The van der Waals surface area contributed by atoms with Crippen LogP contribution in [-0.2, 0) is 19.4 Å². The van der Waals surface area contributed by atoms with E-state index in [2.05, 4.69) is 165 Å². The molecular weight excluding hydrogens is 673 g/mol. The van der Waals surface area contributed by atoms with E-state index in [9.17, 15) is 10.2 Å². The number of aromatic hydroxyl groups is 2. The van der Waals surface area contributed by atoms with Crippen LogP contribution in [0.1, 0.15) is 79.7 Å². The molecule has 6 aromatic carbocycles. The molecule has 0 saturated heterocycles. The number of nitrogens with zero attached hydrogens (tertiary/aromatic N) is 2. The molecule has 1 aromatic heterocycles. The van der Waals surface area contributed by atoms with Gasteiger partial charge in [0.15, 0.2) is 0 Å². The Labute approximate surface area is 327 Å². The Morgan fingerprint density at radius 3 is 1.93 bits per heavy atom. The molecular formula is C51H56N2O2. The van der Waals surface area contributed by atoms with Crippen molar-refractivity contribution in [2.75, 3.05) is 13.6 Å². The van der Waals surface area contributed by atoms with Gasteiger partial charge in [-0.15, -0.1) is 0 Å². The summed E-state index contributed by atoms with van der Waals surface area (Å²) in [5, 5.41) is 25.6. The van der Waals surface area contributed by atoms with Crippen molar-refractivity contribution in [1.29, 1.82) is 0 Å². The third-order valence-electron chi connectivity index (χ3n) is 11.9. The van der Waals surface area contributed by atoms with Crippen molar-refractivity contribution in [3.63, 3.8) is 0 Å². The van der Waals surface area contributed by atoms with Crippen molar-refractivity contribution in [3.8, 4) is 28.3 Å². The highest BCUT2D eigenvalue weighted by molar-refractivity contribution is 6.09. The highest BCUT2D eigenvalue weighted by atomic mass is 16.3. The van der Waals surface area contributed by atoms with Gasteiger partial charge in [-0.3, -0.25) is 0 Å². The van der Waals surface area contributed by atoms with E-state index in [1.54, 1.807) is 0 Å². The van der Waals surface area contributed by atoms with E-state index in [4.69, 9.17) is 0 Å². The van der Waals surface area contributed by atoms with Gasteiger partial charge in [0.1, 0.15) is 11.5 Å². The van der Waals surface area contributed by atoms with E-state index >= 15 is 0 Å². The third-order valence-corrected chi connectivity index (χ3v) is 11.9. The van der Waals surface area contributed by atoms with Gasteiger partial charge in [-0.1, -0.05) is 142 Å². The second-order valence-corrected chi connectivity index (χ2v) is 15.5. The molecule has 0 saturated carbocycles. The molecule has 1 heterocycles. The van der Waals surface area contributed by atoms with Gasteiger partial charge in [-0.2, -0.15) is 0 Å². The van der Waals surface area contributed by atoms with Gasteiger partial charge in [-0.25, -0.2) is 0 Å². The van der Waals surface area contributed by atoms with Crippen LogP contribution in [-0.4, -0.2) is 33.3 Å². The maximum atomic E-state index is 11.6. The van der Waals surface area contributed by atoms with Gasteiger partial charge in [0.25, 0.3) is 0 Å². The van der Waals surface area contributed by atoms with E-state index in [0.717, 1.165) is 91.4 Å². The molecule has 0 aliphatic carbocycles. The number of aryl methyl sites for hydroxylation is 2. The fourth-order valence-electron chi connectivity index (χ4n) is 8.70. The van der Waals surface area contributed by atoms with Crippen molar-refractivity contribution in [1.82, 2.24) is 9.47 Å². The first-order valence-electron chi connectivity index (χ1n) is 20.3. The van der Waals surface area contributed by atoms with E-state index in [-0.39, 0.29) is 0 Å². The molecule has 4 nitrogen and oxygen atoms in total. The minimum atomic E-state index is 0.304. The molecule has 7 rings (SSSR count). The van der Waals surface area contributed by atoms with Gasteiger partial charge in [-0.05, 0) is 116 Å². The zero-order chi connectivity index (χ0) is 38.3. The van der Waals surface area contributed by atoms with Crippen LogP contribution in [0.2, 0.25) is 0 Å². The SMILES string of the molecule is CCC(CCCc1cccc(-n2c3ccccc3c3ccccc32)c1O)CCN(C)Cc1cccc(CC(CC)c2ccccc2-c2ccccc2C)c1O. The number of rotatable bonds is 16. The summed E-state index contributed by atoms with van der Waals surface area (Å²) >= 11 is 0. The van der Waals surface area contributed by atoms with Gasteiger partial charge < -0.3 is 19.7 Å². The number of benzene rings is 6. The van der Waals surface area contributed by atoms with Gasteiger partial charge in [0.2, 0.25) is 0 Å². The smallest absolute Gasteiger partial charge is 0.142 e. The number of para-hydroxylation sites is 4. The van der Waals surface area contributed by atoms with Crippen molar-refractivity contribution in [2.24, 2.45) is 5.92 Å². The predicted octanol–water partition coefficient (Wildman–Crippen LogP) is 12.8. The number of hydrogen-bond acceptors (Lipinski definition) is 3. The second-order valence-electron chi connectivity index (χ2n) is 15.5. The number of phenolic OH excluding ortho intramolecular Hbond substituents is 2. The topological polar surface area (TPSA) is 48.6 Å². The minimum absolute atomic E-state index is 0.304. The number of fused-ring (bicyclic) bond motifs is 3. The first kappa shape index (κ1) is 38.0. The molecule has 0 aliphatic heterocycles. The van der Waals surface area contributed by atoms with Crippen molar-refractivity contribution in [3.05, 3.63) is 161 Å². The van der Waals surface area contributed by atoms with Crippen LogP contribution in [0, 0.1) is 12.8 Å². The maximum absolute atomic E-state index is 11.6. The van der Waals surface area contributed by atoms with Gasteiger partial charge >= 0.3 is 0 Å². The number of phenols is 2. The molecule has 55 heavy (non-hydrogen) atoms. The summed E-state index contributed by atoms with van der Waals surface area (Å²) in [7, 11) is 2.17. The molecule has 2 N–H and O–H groups in total. The Morgan fingerprint density at radius 1 is 0.600 bits per heavy atom. The maximum Gasteiger partial charge on any atom is 0.142 e. The average molecular weight is 729 g/mol. The minimum Gasteiger partial charge on any atom is -0.507 e. The normalized spacial score (nSPS) is 12.8. The summed E-state index contributed by atoms with van der Waals surface area (Å²) < 4.78 is 2.20. The number of aromatic nitrogens is 1. The Kier molecular flexibility index (Phi) is 12.0. The zero-order valence-electron chi connectivity index (χ0n) is 33.0. The lowest BCUT2D eigenvalue weighted by Gasteiger charge is -2.23. The molecule has 2 atom stereocenters. The Morgan fingerprint density at radius 2 is 1.22 bits per heavy atom. The summed E-state index contributed by atoms with van der Waals surface area (Å²) in [6, 6.07) is 46.8. The van der Waals surface area contributed by atoms with E-state index in [1.165, 1.54) is 33.0 Å². The Balaban J connectivity index is 0.963. The summed E-state index contributed by atoms with van der Waals surface area (Å²) in [5.41, 5.74) is 11.3. The van der Waals surface area contributed by atoms with Crippen LogP contribution in [0.15, 0.2) is 133 Å². The lowest BCUT2D eigenvalue weighted by Crippen LogP contribution is -2.21. The second kappa shape index (κ2) is 17.4. The largest absolute Gasteiger partial charge is 0.507 e. The molecule has 0 fully saturated rings. The lowest BCUT2D eigenvalue weighted by molar-refractivity contribution is 0.278. The first-order valence-corrected chi connectivity index (χ1v) is 20.3. The molecule has 0 radical (unpaired) electrons. The molecule has 0 aliphatic rings. The Hall–Kier alpha value is -5.32. The van der Waals surface area contributed by atoms with Crippen LogP contribution >= 0.6 is 0 Å². The summed E-state index contributed by atoms with van der Waals surface area (Å²) in [4.78, 5) is 2.35. The van der Waals surface area contributed by atoms with Gasteiger partial charge in [0.05, 0.1) is 16.7 Å². The molecule has 0 amide bonds. The first-order chi connectivity index (χ1) is 26.9. The van der Waals surface area contributed by atoms with Crippen LogP contribution in [0.3, 0.4) is 0 Å². The number of hydrogen-bond donors (Lipinski definition) is 2. The zero-order valence-corrected chi connectivity index (χ0v) is 33.0. The van der Waals surface area contributed by atoms with Crippen LogP contribution < -0.4 is 0 Å². The van der Waals surface area contributed by atoms with Crippen molar-refractivity contribution < 1.29 is 10.2 Å². The fourth-order valence-corrected chi connectivity index (χ4v) is 8.70. The fraction of sp³-hybridized carbons (Fsp3) is 0.294. The predicted molar refractivity (Wildman–Crippen MR) is 232 cm³/mol. The summed E-state index contributed by atoms with van der Waals surface area (Å²) in [5.74, 6) is 1.72. The summed E-state index contributed by atoms with van der Waals surface area (Å²) in [6.07, 6.45) is 7.03. The Bertz CT molecular complexity index is 2320. The molecule has 7 aromatic rings. The van der Waals surface area contributed by atoms with Crippen molar-refractivity contribution >= 4 is 21.8 Å². The molecule has 0 bridgehead atoms.